The molecule has 0 radical (unpaired) electrons. The smallest absolute Gasteiger partial charge is 0.336 e. The van der Waals surface area contributed by atoms with Crippen LogP contribution in [0.3, 0.4) is 0 Å². The van der Waals surface area contributed by atoms with Gasteiger partial charge in [0.1, 0.15) is 5.58 Å². The quantitative estimate of drug-likeness (QED) is 0.248. The van der Waals surface area contributed by atoms with Crippen molar-refractivity contribution < 1.29 is 24.2 Å². The third-order valence-corrected chi connectivity index (χ3v) is 6.78. The predicted molar refractivity (Wildman–Crippen MR) is 130 cm³/mol. The highest BCUT2D eigenvalue weighted by Gasteiger charge is 2.32. The zero-order valence-electron chi connectivity index (χ0n) is 19.5. The molecule has 1 aliphatic heterocycles. The Balaban J connectivity index is 1.87. The molecule has 0 bridgehead atoms. The molecule has 5 rings (SSSR count). The number of benzene rings is 2. The van der Waals surface area contributed by atoms with E-state index >= 15 is 0 Å². The fraction of sp³-hybridized carbons (Fsp3) is 0.296. The van der Waals surface area contributed by atoms with Crippen molar-refractivity contribution in [1.82, 2.24) is 4.57 Å². The number of nitrogens with zero attached hydrogens (tertiary/aromatic N) is 1. The number of methoxy groups -OCH3 is 1. The first kappa shape index (κ1) is 22.7. The number of para-hydroxylation sites is 1. The first-order chi connectivity index (χ1) is 16.8. The molecule has 1 unspecified atom stereocenters. The number of fused-ring (bicyclic) bond motifs is 1. The van der Waals surface area contributed by atoms with Gasteiger partial charge < -0.3 is 23.9 Å². The van der Waals surface area contributed by atoms with Crippen LogP contribution in [0.15, 0.2) is 50.4 Å². The number of carbonyl (C=O) groups is 1. The minimum atomic E-state index is -1.03. The van der Waals surface area contributed by atoms with Crippen molar-refractivity contribution >= 4 is 27.8 Å². The fourth-order valence-electron chi connectivity index (χ4n) is 5.22. The van der Waals surface area contributed by atoms with E-state index in [9.17, 15) is 24.6 Å². The molecule has 0 saturated heterocycles. The molecule has 2 N–H and O–H groups in total. The van der Waals surface area contributed by atoms with Crippen LogP contribution in [0.1, 0.15) is 47.9 Å². The minimum absolute atomic E-state index is 0.0128. The summed E-state index contributed by atoms with van der Waals surface area (Å²) in [4.78, 5) is 38.6. The van der Waals surface area contributed by atoms with Crippen molar-refractivity contribution in [3.63, 3.8) is 0 Å². The Morgan fingerprint density at radius 2 is 2.00 bits per heavy atom. The van der Waals surface area contributed by atoms with Crippen LogP contribution in [0.25, 0.3) is 21.9 Å². The average Bonchev–Trinajstić information content (AvgIpc) is 3.28. The Morgan fingerprint density at radius 3 is 2.74 bits per heavy atom. The van der Waals surface area contributed by atoms with E-state index in [4.69, 9.17) is 9.15 Å². The lowest BCUT2D eigenvalue weighted by Crippen LogP contribution is -2.26. The normalized spacial score (nSPS) is 13.4. The summed E-state index contributed by atoms with van der Waals surface area (Å²) in [7, 11) is 1.23. The van der Waals surface area contributed by atoms with Gasteiger partial charge in [0.15, 0.2) is 11.5 Å². The van der Waals surface area contributed by atoms with Crippen molar-refractivity contribution in [2.24, 2.45) is 0 Å². The number of aromatic nitrogens is 1. The predicted octanol–water partition coefficient (Wildman–Crippen LogP) is 3.72. The SMILES string of the molecule is CCCc1cc(=O)oc2c(C(CC(=O)OC)c3cc4cccc5c4n(c3=O)CC5)c(O)c(O)cc12. The zero-order chi connectivity index (χ0) is 24.9. The summed E-state index contributed by atoms with van der Waals surface area (Å²) in [6, 6.07) is 10.2. The number of hydrogen-bond acceptors (Lipinski definition) is 7. The van der Waals surface area contributed by atoms with Crippen molar-refractivity contribution in [3.8, 4) is 11.5 Å². The van der Waals surface area contributed by atoms with Crippen LogP contribution in [0.5, 0.6) is 11.5 Å². The van der Waals surface area contributed by atoms with Gasteiger partial charge in [-0.2, -0.15) is 0 Å². The summed E-state index contributed by atoms with van der Waals surface area (Å²) < 4.78 is 12.1. The molecule has 1 aliphatic rings. The number of hydrogen-bond donors (Lipinski definition) is 2. The maximum atomic E-state index is 13.7. The van der Waals surface area contributed by atoms with Gasteiger partial charge in [-0.1, -0.05) is 31.5 Å². The van der Waals surface area contributed by atoms with Crippen LogP contribution >= 0.6 is 0 Å². The largest absolute Gasteiger partial charge is 0.504 e. The standard InChI is InChI=1S/C27H25NO7/c1-3-5-15-11-22(31)35-26-17(15)12-20(29)25(32)23(26)18(13-21(30)34-2)19-10-16-7-4-6-14-8-9-28(24(14)16)27(19)33/h4,6-7,10-12,18,29,32H,3,5,8-9,13H2,1-2H3. The molecule has 35 heavy (non-hydrogen) atoms. The van der Waals surface area contributed by atoms with Gasteiger partial charge in [0, 0.05) is 35.0 Å². The second-order valence-electron chi connectivity index (χ2n) is 8.87. The minimum Gasteiger partial charge on any atom is -0.504 e. The van der Waals surface area contributed by atoms with E-state index in [0.717, 1.165) is 22.9 Å². The number of rotatable bonds is 6. The number of phenols is 2. The third-order valence-electron chi connectivity index (χ3n) is 6.78. The van der Waals surface area contributed by atoms with Crippen LogP contribution in [0.4, 0.5) is 0 Å². The molecular formula is C27H25NO7. The summed E-state index contributed by atoms with van der Waals surface area (Å²) >= 11 is 0. The van der Waals surface area contributed by atoms with Crippen molar-refractivity contribution in [1.29, 1.82) is 0 Å². The molecule has 8 nitrogen and oxygen atoms in total. The molecule has 8 heteroatoms. The first-order valence-electron chi connectivity index (χ1n) is 11.6. The van der Waals surface area contributed by atoms with Gasteiger partial charge in [0.25, 0.3) is 5.56 Å². The second kappa shape index (κ2) is 8.61. The molecule has 2 aromatic carbocycles. The van der Waals surface area contributed by atoms with Gasteiger partial charge in [-0.05, 0) is 41.5 Å². The van der Waals surface area contributed by atoms with E-state index in [1.165, 1.54) is 19.2 Å². The van der Waals surface area contributed by atoms with Gasteiger partial charge in [-0.15, -0.1) is 0 Å². The highest BCUT2D eigenvalue weighted by molar-refractivity contribution is 5.90. The van der Waals surface area contributed by atoms with Gasteiger partial charge in [-0.25, -0.2) is 4.79 Å². The highest BCUT2D eigenvalue weighted by Crippen LogP contribution is 2.44. The Kier molecular flexibility index (Phi) is 5.59. The monoisotopic (exact) mass is 475 g/mol. The summed E-state index contributed by atoms with van der Waals surface area (Å²) in [6.45, 7) is 2.45. The molecule has 0 aliphatic carbocycles. The summed E-state index contributed by atoms with van der Waals surface area (Å²) in [5, 5.41) is 22.9. The topological polar surface area (TPSA) is 119 Å². The summed E-state index contributed by atoms with van der Waals surface area (Å²) in [5.41, 5.74) is 1.93. The molecule has 0 fully saturated rings. The van der Waals surface area contributed by atoms with E-state index < -0.39 is 29.0 Å². The molecule has 3 heterocycles. The number of phenolic OH excluding ortho intramolecular Hbond substituents is 2. The third kappa shape index (κ3) is 3.65. The van der Waals surface area contributed by atoms with E-state index in [1.54, 1.807) is 10.6 Å². The van der Waals surface area contributed by atoms with E-state index in [2.05, 4.69) is 0 Å². The van der Waals surface area contributed by atoms with Crippen LogP contribution in [-0.4, -0.2) is 27.9 Å². The van der Waals surface area contributed by atoms with Crippen LogP contribution in [0, 0.1) is 0 Å². The number of carbonyl (C=O) groups excluding carboxylic acids is 1. The van der Waals surface area contributed by atoms with E-state index in [0.29, 0.717) is 30.3 Å². The summed E-state index contributed by atoms with van der Waals surface area (Å²) in [5.74, 6) is -2.62. The molecule has 0 amide bonds. The van der Waals surface area contributed by atoms with E-state index in [1.807, 2.05) is 25.1 Å². The molecular weight excluding hydrogens is 450 g/mol. The summed E-state index contributed by atoms with van der Waals surface area (Å²) in [6.07, 6.45) is 1.69. The maximum absolute atomic E-state index is 13.7. The number of ether oxygens (including phenoxy) is 1. The maximum Gasteiger partial charge on any atom is 0.336 e. The number of pyridine rings is 1. The second-order valence-corrected chi connectivity index (χ2v) is 8.87. The van der Waals surface area contributed by atoms with E-state index in [-0.39, 0.29) is 28.7 Å². The Labute approximate surface area is 200 Å². The number of aryl methyl sites for hydroxylation is 3. The first-order valence-corrected chi connectivity index (χ1v) is 11.6. The van der Waals surface area contributed by atoms with Gasteiger partial charge >= 0.3 is 11.6 Å². The van der Waals surface area contributed by atoms with Crippen LogP contribution in [-0.2, 0) is 28.9 Å². The molecule has 1 atom stereocenters. The lowest BCUT2D eigenvalue weighted by atomic mass is 9.85. The fourth-order valence-corrected chi connectivity index (χ4v) is 5.22. The Morgan fingerprint density at radius 1 is 1.20 bits per heavy atom. The van der Waals surface area contributed by atoms with Crippen LogP contribution < -0.4 is 11.2 Å². The van der Waals surface area contributed by atoms with Crippen LogP contribution in [0.2, 0.25) is 0 Å². The van der Waals surface area contributed by atoms with Crippen molar-refractivity contribution in [3.05, 3.63) is 79.4 Å². The molecule has 4 aromatic rings. The van der Waals surface area contributed by atoms with Crippen molar-refractivity contribution in [2.45, 2.75) is 45.1 Å². The van der Waals surface area contributed by atoms with Gasteiger partial charge in [0.2, 0.25) is 0 Å². The number of aromatic hydroxyl groups is 2. The Bertz CT molecular complexity index is 1610. The molecule has 180 valence electrons. The zero-order valence-corrected chi connectivity index (χ0v) is 19.5. The van der Waals surface area contributed by atoms with Gasteiger partial charge in [0.05, 0.1) is 19.0 Å². The van der Waals surface area contributed by atoms with Crippen molar-refractivity contribution in [2.75, 3.05) is 7.11 Å². The molecule has 0 saturated carbocycles. The Hall–Kier alpha value is -4.07. The molecule has 2 aromatic heterocycles. The average molecular weight is 475 g/mol. The highest BCUT2D eigenvalue weighted by atomic mass is 16.5. The lowest BCUT2D eigenvalue weighted by Gasteiger charge is -2.21. The lowest BCUT2D eigenvalue weighted by molar-refractivity contribution is -0.140. The van der Waals surface area contributed by atoms with Gasteiger partial charge in [-0.3, -0.25) is 9.59 Å². The number of esters is 1. The molecule has 0 spiro atoms.